The zero-order chi connectivity index (χ0) is 16.5. The van der Waals surface area contributed by atoms with Gasteiger partial charge in [-0.15, -0.1) is 0 Å². The largest absolute Gasteiger partial charge is 0.372 e. The highest BCUT2D eigenvalue weighted by atomic mass is 32.2. The van der Waals surface area contributed by atoms with Crippen molar-refractivity contribution in [3.63, 3.8) is 0 Å². The Morgan fingerprint density at radius 2 is 2.26 bits per heavy atom. The summed E-state index contributed by atoms with van der Waals surface area (Å²) in [6, 6.07) is 0. The summed E-state index contributed by atoms with van der Waals surface area (Å²) in [5, 5.41) is 4.20. The molecule has 1 atom stereocenters. The van der Waals surface area contributed by atoms with Gasteiger partial charge in [0.2, 0.25) is 10.0 Å². The zero-order valence-electron chi connectivity index (χ0n) is 13.9. The van der Waals surface area contributed by atoms with E-state index >= 15 is 0 Å². The minimum Gasteiger partial charge on any atom is -0.372 e. The molecule has 2 aliphatic rings. The number of hydrogen-bond acceptors (Lipinski definition) is 5. The number of likely N-dealkylation sites (tertiary alicyclic amines) is 1. The van der Waals surface area contributed by atoms with Crippen molar-refractivity contribution in [1.29, 1.82) is 0 Å². The van der Waals surface area contributed by atoms with Crippen molar-refractivity contribution >= 4 is 10.0 Å². The lowest BCUT2D eigenvalue weighted by Crippen LogP contribution is -2.64. The number of aryl methyl sites for hydroxylation is 1. The SMILES string of the molecule is CCS(=O)(=O)NCC[C@H]1CCOC12CN(Cc1cnn(C)c1)C2. The lowest BCUT2D eigenvalue weighted by molar-refractivity contribution is -0.136. The van der Waals surface area contributed by atoms with E-state index in [1.54, 1.807) is 6.92 Å². The Kier molecular flexibility index (Phi) is 4.78. The predicted octanol–water partition coefficient (Wildman–Crippen LogP) is 0.340. The third-order valence-corrected chi connectivity index (χ3v) is 6.35. The second-order valence-corrected chi connectivity index (χ2v) is 8.75. The molecule has 7 nitrogen and oxygen atoms in total. The van der Waals surface area contributed by atoms with Crippen molar-refractivity contribution in [2.75, 3.05) is 32.0 Å². The van der Waals surface area contributed by atoms with Crippen LogP contribution in [0, 0.1) is 5.92 Å². The fourth-order valence-corrected chi connectivity index (χ4v) is 4.30. The molecule has 8 heteroatoms. The van der Waals surface area contributed by atoms with Gasteiger partial charge in [-0.05, 0) is 25.7 Å². The first kappa shape index (κ1) is 16.9. The van der Waals surface area contributed by atoms with Crippen LogP contribution in [0.15, 0.2) is 12.4 Å². The summed E-state index contributed by atoms with van der Waals surface area (Å²) in [7, 11) is -1.17. The first-order chi connectivity index (χ1) is 10.9. The second kappa shape index (κ2) is 6.51. The Labute approximate surface area is 138 Å². The number of ether oxygens (including phenoxy) is 1. The number of nitrogens with one attached hydrogen (secondary N) is 1. The molecule has 1 spiro atoms. The summed E-state index contributed by atoms with van der Waals surface area (Å²) >= 11 is 0. The molecule has 1 N–H and O–H groups in total. The van der Waals surface area contributed by atoms with Crippen molar-refractivity contribution in [2.24, 2.45) is 13.0 Å². The molecule has 1 aromatic rings. The highest BCUT2D eigenvalue weighted by Crippen LogP contribution is 2.41. The smallest absolute Gasteiger partial charge is 0.211 e. The van der Waals surface area contributed by atoms with Gasteiger partial charge in [0.05, 0.1) is 17.6 Å². The summed E-state index contributed by atoms with van der Waals surface area (Å²) in [4.78, 5) is 2.37. The molecular weight excluding hydrogens is 316 g/mol. The van der Waals surface area contributed by atoms with E-state index in [2.05, 4.69) is 14.7 Å². The van der Waals surface area contributed by atoms with Gasteiger partial charge >= 0.3 is 0 Å². The zero-order valence-corrected chi connectivity index (χ0v) is 14.7. The highest BCUT2D eigenvalue weighted by molar-refractivity contribution is 7.89. The molecule has 0 aliphatic carbocycles. The number of rotatable bonds is 7. The highest BCUT2D eigenvalue weighted by Gasteiger charge is 2.52. The minimum atomic E-state index is -3.10. The Balaban J connectivity index is 1.48. The van der Waals surface area contributed by atoms with E-state index in [0.29, 0.717) is 12.5 Å². The quantitative estimate of drug-likeness (QED) is 0.773. The number of aromatic nitrogens is 2. The topological polar surface area (TPSA) is 76.5 Å². The third kappa shape index (κ3) is 3.76. The number of sulfonamides is 1. The molecular formula is C15H26N4O3S. The van der Waals surface area contributed by atoms with Crippen LogP contribution in [0.25, 0.3) is 0 Å². The Morgan fingerprint density at radius 3 is 2.91 bits per heavy atom. The van der Waals surface area contributed by atoms with Crippen LogP contribution in [0.1, 0.15) is 25.3 Å². The maximum atomic E-state index is 11.5. The molecule has 2 aliphatic heterocycles. The molecule has 0 amide bonds. The van der Waals surface area contributed by atoms with Gasteiger partial charge < -0.3 is 4.74 Å². The van der Waals surface area contributed by atoms with Crippen molar-refractivity contribution in [1.82, 2.24) is 19.4 Å². The number of hydrogen-bond donors (Lipinski definition) is 1. The van der Waals surface area contributed by atoms with Gasteiger partial charge in [-0.2, -0.15) is 5.10 Å². The van der Waals surface area contributed by atoms with E-state index in [0.717, 1.165) is 39.1 Å². The molecule has 3 rings (SSSR count). The van der Waals surface area contributed by atoms with Crippen LogP contribution < -0.4 is 4.72 Å². The van der Waals surface area contributed by atoms with Gasteiger partial charge in [-0.3, -0.25) is 9.58 Å². The van der Waals surface area contributed by atoms with E-state index in [-0.39, 0.29) is 11.4 Å². The van der Waals surface area contributed by atoms with Gasteiger partial charge in [-0.1, -0.05) is 0 Å². The third-order valence-electron chi connectivity index (χ3n) is 4.94. The molecule has 130 valence electrons. The molecule has 0 saturated carbocycles. The van der Waals surface area contributed by atoms with Crippen LogP contribution in [0.5, 0.6) is 0 Å². The van der Waals surface area contributed by atoms with E-state index in [1.165, 1.54) is 5.56 Å². The monoisotopic (exact) mass is 342 g/mol. The Morgan fingerprint density at radius 1 is 1.48 bits per heavy atom. The standard InChI is InChI=1S/C15H26N4O3S/c1-3-23(20,21)17-6-4-14-5-7-22-15(14)11-19(12-15)10-13-8-16-18(2)9-13/h8-9,14,17H,3-7,10-12H2,1-2H3/t14-/m0/s1. The lowest BCUT2D eigenvalue weighted by Gasteiger charge is -2.50. The molecule has 1 aromatic heterocycles. The van der Waals surface area contributed by atoms with E-state index in [4.69, 9.17) is 4.74 Å². The van der Waals surface area contributed by atoms with Crippen LogP contribution in [0.2, 0.25) is 0 Å². The second-order valence-electron chi connectivity index (χ2n) is 6.65. The lowest BCUT2D eigenvalue weighted by atomic mass is 9.79. The van der Waals surface area contributed by atoms with Gasteiger partial charge in [0, 0.05) is 51.6 Å². The molecule has 0 radical (unpaired) electrons. The molecule has 3 heterocycles. The van der Waals surface area contributed by atoms with E-state index < -0.39 is 10.0 Å². The van der Waals surface area contributed by atoms with E-state index in [9.17, 15) is 8.42 Å². The fraction of sp³-hybridized carbons (Fsp3) is 0.800. The average molecular weight is 342 g/mol. The van der Waals surface area contributed by atoms with Crippen molar-refractivity contribution in [3.8, 4) is 0 Å². The number of nitrogens with zero attached hydrogens (tertiary/aromatic N) is 3. The van der Waals surface area contributed by atoms with Crippen LogP contribution in [0.4, 0.5) is 0 Å². The van der Waals surface area contributed by atoms with Crippen molar-refractivity contribution < 1.29 is 13.2 Å². The summed E-state index contributed by atoms with van der Waals surface area (Å²) in [6.07, 6.45) is 5.81. The summed E-state index contributed by atoms with van der Waals surface area (Å²) in [5.41, 5.74) is 1.15. The van der Waals surface area contributed by atoms with Gasteiger partial charge in [-0.25, -0.2) is 13.1 Å². The maximum Gasteiger partial charge on any atom is 0.211 e. The Bertz CT molecular complexity index is 637. The molecule has 23 heavy (non-hydrogen) atoms. The normalized spacial score (nSPS) is 24.2. The summed E-state index contributed by atoms with van der Waals surface area (Å²) < 4.78 is 33.6. The first-order valence-electron chi connectivity index (χ1n) is 8.24. The molecule has 0 aromatic carbocycles. The fourth-order valence-electron chi connectivity index (χ4n) is 3.67. The summed E-state index contributed by atoms with van der Waals surface area (Å²) in [5.74, 6) is 0.574. The average Bonchev–Trinajstić information content (AvgIpc) is 3.06. The minimum absolute atomic E-state index is 0.0696. The summed E-state index contributed by atoms with van der Waals surface area (Å²) in [6.45, 7) is 5.69. The molecule has 2 fully saturated rings. The predicted molar refractivity (Wildman–Crippen MR) is 87.4 cm³/mol. The van der Waals surface area contributed by atoms with Crippen LogP contribution in [0.3, 0.4) is 0 Å². The molecule has 0 unspecified atom stereocenters. The van der Waals surface area contributed by atoms with Gasteiger partial charge in [0.25, 0.3) is 0 Å². The van der Waals surface area contributed by atoms with Crippen LogP contribution in [-0.4, -0.2) is 60.7 Å². The van der Waals surface area contributed by atoms with Gasteiger partial charge in [0.1, 0.15) is 0 Å². The maximum absolute atomic E-state index is 11.5. The van der Waals surface area contributed by atoms with Crippen LogP contribution >= 0.6 is 0 Å². The van der Waals surface area contributed by atoms with Gasteiger partial charge in [0.15, 0.2) is 0 Å². The molecule has 2 saturated heterocycles. The van der Waals surface area contributed by atoms with Crippen molar-refractivity contribution in [3.05, 3.63) is 18.0 Å². The van der Waals surface area contributed by atoms with E-state index in [1.807, 2.05) is 24.1 Å². The van der Waals surface area contributed by atoms with Crippen LogP contribution in [-0.2, 0) is 28.4 Å². The first-order valence-corrected chi connectivity index (χ1v) is 9.89. The molecule has 0 bridgehead atoms. The Hall–Kier alpha value is -0.960. The van der Waals surface area contributed by atoms with Crippen molar-refractivity contribution in [2.45, 2.75) is 31.9 Å².